The smallest absolute Gasteiger partial charge is 0.163 e. The summed E-state index contributed by atoms with van der Waals surface area (Å²) in [4.78, 5) is 3.98. The van der Waals surface area contributed by atoms with E-state index in [4.69, 9.17) is 10.00 Å². The Bertz CT molecular complexity index is 543. The number of rotatable bonds is 3. The highest BCUT2D eigenvalue weighted by atomic mass is 16.5. The molecule has 0 atom stereocenters. The lowest BCUT2D eigenvalue weighted by molar-refractivity contribution is 0.415. The summed E-state index contributed by atoms with van der Waals surface area (Å²) in [6.07, 6.45) is 1.59. The fourth-order valence-corrected chi connectivity index (χ4v) is 1.43. The van der Waals surface area contributed by atoms with Crippen LogP contribution in [0.2, 0.25) is 0 Å². The van der Waals surface area contributed by atoms with Crippen LogP contribution < -0.4 is 10.1 Å². The van der Waals surface area contributed by atoms with Crippen molar-refractivity contribution in [2.45, 2.75) is 0 Å². The van der Waals surface area contributed by atoms with Crippen LogP contribution in [-0.4, -0.2) is 12.1 Å². The van der Waals surface area contributed by atoms with Crippen molar-refractivity contribution >= 4 is 11.4 Å². The molecule has 0 unspecified atom stereocenters. The lowest BCUT2D eigenvalue weighted by Gasteiger charge is -2.07. The summed E-state index contributed by atoms with van der Waals surface area (Å²) in [7, 11) is 1.62. The number of ether oxygens (including phenoxy) is 1. The molecule has 84 valence electrons. The van der Waals surface area contributed by atoms with Crippen LogP contribution in [-0.2, 0) is 0 Å². The first-order chi connectivity index (χ1) is 8.33. The standard InChI is InChI=1S/C13H11N3O/c1-17-11-6-4-10(5-7-11)16-12-3-2-8-15-13(12)9-14/h2-8,16H,1H3. The van der Waals surface area contributed by atoms with Crippen LogP contribution in [0.25, 0.3) is 0 Å². The van der Waals surface area contributed by atoms with E-state index in [0.717, 1.165) is 11.4 Å². The Balaban J connectivity index is 2.23. The van der Waals surface area contributed by atoms with Crippen LogP contribution in [0.4, 0.5) is 11.4 Å². The maximum Gasteiger partial charge on any atom is 0.163 e. The summed E-state index contributed by atoms with van der Waals surface area (Å²) in [5.41, 5.74) is 1.96. The number of pyridine rings is 1. The molecule has 4 heteroatoms. The summed E-state index contributed by atoms with van der Waals surface area (Å²) < 4.78 is 5.07. The van der Waals surface area contributed by atoms with Gasteiger partial charge in [0.1, 0.15) is 11.8 Å². The topological polar surface area (TPSA) is 57.9 Å². The van der Waals surface area contributed by atoms with E-state index in [9.17, 15) is 0 Å². The molecular weight excluding hydrogens is 214 g/mol. The Kier molecular flexibility index (Phi) is 3.22. The van der Waals surface area contributed by atoms with Crippen molar-refractivity contribution in [3.63, 3.8) is 0 Å². The van der Waals surface area contributed by atoms with Crippen molar-refractivity contribution < 1.29 is 4.74 Å². The van der Waals surface area contributed by atoms with Gasteiger partial charge in [0.05, 0.1) is 12.8 Å². The zero-order valence-corrected chi connectivity index (χ0v) is 9.34. The van der Waals surface area contributed by atoms with Gasteiger partial charge in [-0.25, -0.2) is 4.98 Å². The molecule has 1 heterocycles. The van der Waals surface area contributed by atoms with Crippen molar-refractivity contribution in [2.24, 2.45) is 0 Å². The molecule has 0 spiro atoms. The Labute approximate surface area is 99.5 Å². The third-order valence-corrected chi connectivity index (χ3v) is 2.28. The average Bonchev–Trinajstić information content (AvgIpc) is 2.40. The highest BCUT2D eigenvalue weighted by Crippen LogP contribution is 2.21. The fraction of sp³-hybridized carbons (Fsp3) is 0.0769. The Morgan fingerprint density at radius 1 is 1.24 bits per heavy atom. The van der Waals surface area contributed by atoms with E-state index in [1.807, 2.05) is 36.4 Å². The van der Waals surface area contributed by atoms with Gasteiger partial charge in [0.2, 0.25) is 0 Å². The number of nitrogens with zero attached hydrogens (tertiary/aromatic N) is 2. The Morgan fingerprint density at radius 3 is 2.65 bits per heavy atom. The first kappa shape index (κ1) is 11.0. The van der Waals surface area contributed by atoms with E-state index in [-0.39, 0.29) is 0 Å². The van der Waals surface area contributed by atoms with Crippen LogP contribution >= 0.6 is 0 Å². The lowest BCUT2D eigenvalue weighted by Crippen LogP contribution is -1.95. The van der Waals surface area contributed by atoms with Crippen LogP contribution in [0.1, 0.15) is 5.69 Å². The van der Waals surface area contributed by atoms with Crippen molar-refractivity contribution in [3.8, 4) is 11.8 Å². The van der Waals surface area contributed by atoms with Crippen LogP contribution in [0, 0.1) is 11.3 Å². The van der Waals surface area contributed by atoms with Gasteiger partial charge in [-0.3, -0.25) is 0 Å². The third kappa shape index (κ3) is 2.52. The Morgan fingerprint density at radius 2 is 2.00 bits per heavy atom. The Hall–Kier alpha value is -2.54. The summed E-state index contributed by atoms with van der Waals surface area (Å²) in [5.74, 6) is 0.794. The van der Waals surface area contributed by atoms with Gasteiger partial charge in [0, 0.05) is 11.9 Å². The number of nitrogens with one attached hydrogen (secondary N) is 1. The molecule has 0 aliphatic rings. The summed E-state index contributed by atoms with van der Waals surface area (Å²) in [5, 5.41) is 12.0. The van der Waals surface area contributed by atoms with E-state index in [1.165, 1.54) is 0 Å². The molecule has 0 aliphatic carbocycles. The summed E-state index contributed by atoms with van der Waals surface area (Å²) in [6, 6.07) is 13.1. The molecule has 0 amide bonds. The lowest BCUT2D eigenvalue weighted by atomic mass is 10.2. The predicted molar refractivity (Wildman–Crippen MR) is 65.2 cm³/mol. The molecule has 1 N–H and O–H groups in total. The van der Waals surface area contributed by atoms with Crippen molar-refractivity contribution in [3.05, 3.63) is 48.3 Å². The minimum absolute atomic E-state index is 0.378. The zero-order valence-electron chi connectivity index (χ0n) is 9.34. The van der Waals surface area contributed by atoms with Gasteiger partial charge in [0.15, 0.2) is 5.69 Å². The number of methoxy groups -OCH3 is 1. The van der Waals surface area contributed by atoms with Gasteiger partial charge in [-0.15, -0.1) is 0 Å². The second-order valence-electron chi connectivity index (χ2n) is 3.36. The van der Waals surface area contributed by atoms with Gasteiger partial charge in [0.25, 0.3) is 0 Å². The first-order valence-corrected chi connectivity index (χ1v) is 5.09. The maximum absolute atomic E-state index is 8.91. The van der Waals surface area contributed by atoms with Crippen molar-refractivity contribution in [2.75, 3.05) is 12.4 Å². The van der Waals surface area contributed by atoms with Crippen molar-refractivity contribution in [1.29, 1.82) is 5.26 Å². The van der Waals surface area contributed by atoms with Gasteiger partial charge < -0.3 is 10.1 Å². The van der Waals surface area contributed by atoms with E-state index in [2.05, 4.69) is 10.3 Å². The zero-order chi connectivity index (χ0) is 12.1. The number of anilines is 2. The molecule has 1 aromatic heterocycles. The minimum atomic E-state index is 0.378. The number of aromatic nitrogens is 1. The van der Waals surface area contributed by atoms with Crippen LogP contribution in [0.15, 0.2) is 42.6 Å². The number of benzene rings is 1. The highest BCUT2D eigenvalue weighted by molar-refractivity contribution is 5.64. The number of hydrogen-bond acceptors (Lipinski definition) is 4. The quantitative estimate of drug-likeness (QED) is 0.872. The molecule has 2 rings (SSSR count). The van der Waals surface area contributed by atoms with Gasteiger partial charge in [-0.05, 0) is 36.4 Å². The van der Waals surface area contributed by atoms with E-state index >= 15 is 0 Å². The average molecular weight is 225 g/mol. The maximum atomic E-state index is 8.91. The molecule has 0 saturated heterocycles. The molecule has 0 saturated carbocycles. The number of hydrogen-bond donors (Lipinski definition) is 1. The third-order valence-electron chi connectivity index (χ3n) is 2.28. The molecular formula is C13H11N3O. The minimum Gasteiger partial charge on any atom is -0.497 e. The molecule has 1 aromatic carbocycles. The normalized spacial score (nSPS) is 9.41. The largest absolute Gasteiger partial charge is 0.497 e. The highest BCUT2D eigenvalue weighted by Gasteiger charge is 2.02. The molecule has 4 nitrogen and oxygen atoms in total. The van der Waals surface area contributed by atoms with Crippen LogP contribution in [0.5, 0.6) is 5.75 Å². The molecule has 17 heavy (non-hydrogen) atoms. The van der Waals surface area contributed by atoms with Gasteiger partial charge in [-0.1, -0.05) is 0 Å². The van der Waals surface area contributed by atoms with Gasteiger partial charge in [-0.2, -0.15) is 5.26 Å². The molecule has 0 radical (unpaired) electrons. The number of nitriles is 1. The molecule has 0 bridgehead atoms. The first-order valence-electron chi connectivity index (χ1n) is 5.09. The molecule has 0 fully saturated rings. The SMILES string of the molecule is COc1ccc(Nc2cccnc2C#N)cc1. The van der Waals surface area contributed by atoms with Crippen molar-refractivity contribution in [1.82, 2.24) is 4.98 Å². The van der Waals surface area contributed by atoms with Gasteiger partial charge >= 0.3 is 0 Å². The van der Waals surface area contributed by atoms with E-state index < -0.39 is 0 Å². The van der Waals surface area contributed by atoms with E-state index in [1.54, 1.807) is 19.4 Å². The fourth-order valence-electron chi connectivity index (χ4n) is 1.43. The second kappa shape index (κ2) is 4.99. The van der Waals surface area contributed by atoms with Crippen LogP contribution in [0.3, 0.4) is 0 Å². The second-order valence-corrected chi connectivity index (χ2v) is 3.36. The van der Waals surface area contributed by atoms with E-state index in [0.29, 0.717) is 11.4 Å². The molecule has 0 aliphatic heterocycles. The summed E-state index contributed by atoms with van der Waals surface area (Å²) >= 11 is 0. The summed E-state index contributed by atoms with van der Waals surface area (Å²) in [6.45, 7) is 0. The predicted octanol–water partition coefficient (Wildman–Crippen LogP) is 2.71. The monoisotopic (exact) mass is 225 g/mol. The molecule has 2 aromatic rings.